The predicted molar refractivity (Wildman–Crippen MR) is 78.1 cm³/mol. The molecule has 1 aliphatic rings. The van der Waals surface area contributed by atoms with Gasteiger partial charge in [-0.25, -0.2) is 4.79 Å². The minimum absolute atomic E-state index is 0.0622. The number of hydrogen-bond acceptors (Lipinski definition) is 4. The number of hydrogen-bond donors (Lipinski definition) is 3. The molecule has 0 aromatic carbocycles. The molecule has 1 aliphatic carbocycles. The van der Waals surface area contributed by atoms with E-state index < -0.39 is 17.9 Å². The van der Waals surface area contributed by atoms with Gasteiger partial charge < -0.3 is 16.2 Å². The van der Waals surface area contributed by atoms with Gasteiger partial charge in [0.25, 0.3) is 5.91 Å². The van der Waals surface area contributed by atoms with Crippen molar-refractivity contribution in [3.8, 4) is 0 Å². The summed E-state index contributed by atoms with van der Waals surface area (Å²) in [7, 11) is 1.67. The molecule has 1 aromatic heterocycles. The molecule has 1 aromatic rings. The average Bonchev–Trinajstić information content (AvgIpc) is 2.70. The number of carboxylic acid groups (broad SMARTS) is 1. The summed E-state index contributed by atoms with van der Waals surface area (Å²) in [5.41, 5.74) is 6.14. The first-order valence-electron chi connectivity index (χ1n) is 7.24. The average molecular weight is 294 g/mol. The minimum Gasteiger partial charge on any atom is -0.480 e. The zero-order chi connectivity index (χ0) is 15.6. The Kier molecular flexibility index (Phi) is 4.50. The van der Waals surface area contributed by atoms with Crippen molar-refractivity contribution in [2.45, 2.75) is 45.1 Å². The van der Waals surface area contributed by atoms with Crippen LogP contribution in [-0.2, 0) is 11.8 Å². The maximum atomic E-state index is 11.6. The van der Waals surface area contributed by atoms with Crippen molar-refractivity contribution in [1.82, 2.24) is 9.78 Å². The van der Waals surface area contributed by atoms with Crippen LogP contribution in [0.5, 0.6) is 0 Å². The van der Waals surface area contributed by atoms with E-state index in [1.807, 2.05) is 0 Å². The van der Waals surface area contributed by atoms with Crippen LogP contribution in [0.4, 0.5) is 5.82 Å². The van der Waals surface area contributed by atoms with Gasteiger partial charge in [-0.05, 0) is 25.7 Å². The lowest BCUT2D eigenvalue weighted by atomic mass is 9.84. The van der Waals surface area contributed by atoms with Crippen LogP contribution >= 0.6 is 0 Å². The Morgan fingerprint density at radius 1 is 1.38 bits per heavy atom. The summed E-state index contributed by atoms with van der Waals surface area (Å²) in [6.45, 7) is 1.68. The van der Waals surface area contributed by atoms with Gasteiger partial charge in [0.15, 0.2) is 0 Å². The standard InChI is InChI=1S/C14H22N4O3/c1-8-10(12(15)19)13(18(2)17-8)16-11(14(20)21)9-6-4-3-5-7-9/h9,11,16H,3-7H2,1-2H3,(H2,15,19)(H,20,21). The number of aliphatic carboxylic acids is 1. The van der Waals surface area contributed by atoms with Gasteiger partial charge in [-0.3, -0.25) is 9.48 Å². The number of nitrogens with two attached hydrogens (primary N) is 1. The van der Waals surface area contributed by atoms with E-state index in [0.29, 0.717) is 11.5 Å². The molecule has 1 unspecified atom stereocenters. The number of primary amides is 1. The van der Waals surface area contributed by atoms with Crippen LogP contribution in [0, 0.1) is 12.8 Å². The number of carbonyl (C=O) groups is 2. The van der Waals surface area contributed by atoms with E-state index in [1.54, 1.807) is 14.0 Å². The Balaban J connectivity index is 2.28. The highest BCUT2D eigenvalue weighted by atomic mass is 16.4. The van der Waals surface area contributed by atoms with Gasteiger partial charge >= 0.3 is 5.97 Å². The molecule has 1 amide bonds. The lowest BCUT2D eigenvalue weighted by Crippen LogP contribution is -2.39. The lowest BCUT2D eigenvalue weighted by Gasteiger charge is -2.28. The normalized spacial score (nSPS) is 17.4. The van der Waals surface area contributed by atoms with Crippen LogP contribution in [0.2, 0.25) is 0 Å². The van der Waals surface area contributed by atoms with Gasteiger partial charge in [0.1, 0.15) is 17.4 Å². The van der Waals surface area contributed by atoms with Crippen molar-refractivity contribution in [3.63, 3.8) is 0 Å². The highest BCUT2D eigenvalue weighted by molar-refractivity contribution is 5.99. The number of carboxylic acids is 1. The molecular weight excluding hydrogens is 272 g/mol. The largest absolute Gasteiger partial charge is 0.480 e. The van der Waals surface area contributed by atoms with Crippen molar-refractivity contribution >= 4 is 17.7 Å². The van der Waals surface area contributed by atoms with Crippen LogP contribution in [-0.4, -0.2) is 32.8 Å². The fourth-order valence-corrected chi connectivity index (χ4v) is 3.11. The molecule has 1 atom stereocenters. The molecule has 0 bridgehead atoms. The summed E-state index contributed by atoms with van der Waals surface area (Å²) in [4.78, 5) is 23.2. The van der Waals surface area contributed by atoms with Gasteiger partial charge in [-0.15, -0.1) is 0 Å². The third-order valence-corrected chi connectivity index (χ3v) is 4.15. The summed E-state index contributed by atoms with van der Waals surface area (Å²) < 4.78 is 1.48. The molecule has 0 radical (unpaired) electrons. The topological polar surface area (TPSA) is 110 Å². The Bertz CT molecular complexity index is 547. The maximum absolute atomic E-state index is 11.6. The number of aryl methyl sites for hydroxylation is 2. The first kappa shape index (κ1) is 15.3. The molecule has 1 heterocycles. The second kappa shape index (κ2) is 6.15. The second-order valence-corrected chi connectivity index (χ2v) is 5.66. The Morgan fingerprint density at radius 2 is 2.00 bits per heavy atom. The van der Waals surface area contributed by atoms with Crippen molar-refractivity contribution in [3.05, 3.63) is 11.3 Å². The minimum atomic E-state index is -0.906. The fraction of sp³-hybridized carbons (Fsp3) is 0.643. The third-order valence-electron chi connectivity index (χ3n) is 4.15. The van der Waals surface area contributed by atoms with Crippen LogP contribution in [0.1, 0.15) is 48.2 Å². The van der Waals surface area contributed by atoms with E-state index in [9.17, 15) is 14.7 Å². The highest BCUT2D eigenvalue weighted by Gasteiger charge is 2.31. The van der Waals surface area contributed by atoms with E-state index in [2.05, 4.69) is 10.4 Å². The monoisotopic (exact) mass is 294 g/mol. The summed E-state index contributed by atoms with van der Waals surface area (Å²) in [5.74, 6) is -1.06. The Morgan fingerprint density at radius 3 is 2.52 bits per heavy atom. The second-order valence-electron chi connectivity index (χ2n) is 5.66. The van der Waals surface area contributed by atoms with Crippen LogP contribution < -0.4 is 11.1 Å². The third kappa shape index (κ3) is 3.17. The smallest absolute Gasteiger partial charge is 0.326 e. The quantitative estimate of drug-likeness (QED) is 0.757. The predicted octanol–water partition coefficient (Wildman–Crippen LogP) is 1.27. The Labute approximate surface area is 123 Å². The lowest BCUT2D eigenvalue weighted by molar-refractivity contribution is -0.139. The van der Waals surface area contributed by atoms with Gasteiger partial charge in [0.2, 0.25) is 0 Å². The van der Waals surface area contributed by atoms with Gasteiger partial charge in [0.05, 0.1) is 5.69 Å². The first-order chi connectivity index (χ1) is 9.91. The summed E-state index contributed by atoms with van der Waals surface area (Å²) in [6.07, 6.45) is 5.01. The molecule has 0 saturated heterocycles. The zero-order valence-corrected chi connectivity index (χ0v) is 12.4. The van der Waals surface area contributed by atoms with Gasteiger partial charge in [-0.2, -0.15) is 5.10 Å². The number of nitrogens with zero attached hydrogens (tertiary/aromatic N) is 2. The van der Waals surface area contributed by atoms with Gasteiger partial charge in [0, 0.05) is 7.05 Å². The van der Waals surface area contributed by atoms with Crippen LogP contribution in [0.15, 0.2) is 0 Å². The molecule has 4 N–H and O–H groups in total. The SMILES string of the molecule is Cc1nn(C)c(NC(C(=O)O)C2CCCCC2)c1C(N)=O. The molecule has 1 saturated carbocycles. The molecule has 21 heavy (non-hydrogen) atoms. The molecule has 7 heteroatoms. The van der Waals surface area contributed by atoms with Crippen LogP contribution in [0.25, 0.3) is 0 Å². The van der Waals surface area contributed by atoms with Gasteiger partial charge in [-0.1, -0.05) is 19.3 Å². The molecule has 0 spiro atoms. The first-order valence-corrected chi connectivity index (χ1v) is 7.24. The zero-order valence-electron chi connectivity index (χ0n) is 12.4. The fourth-order valence-electron chi connectivity index (χ4n) is 3.11. The molecule has 2 rings (SSSR count). The van der Waals surface area contributed by atoms with Crippen molar-refractivity contribution < 1.29 is 14.7 Å². The van der Waals surface area contributed by atoms with E-state index in [-0.39, 0.29) is 11.5 Å². The number of anilines is 1. The van der Waals surface area contributed by atoms with E-state index in [4.69, 9.17) is 5.73 Å². The maximum Gasteiger partial charge on any atom is 0.326 e. The highest BCUT2D eigenvalue weighted by Crippen LogP contribution is 2.29. The number of rotatable bonds is 5. The van der Waals surface area contributed by atoms with Crippen molar-refractivity contribution in [2.24, 2.45) is 18.7 Å². The van der Waals surface area contributed by atoms with E-state index in [0.717, 1.165) is 32.1 Å². The number of nitrogens with one attached hydrogen (secondary N) is 1. The van der Waals surface area contributed by atoms with E-state index >= 15 is 0 Å². The Hall–Kier alpha value is -2.05. The number of aromatic nitrogens is 2. The molecular formula is C14H22N4O3. The van der Waals surface area contributed by atoms with Crippen LogP contribution in [0.3, 0.4) is 0 Å². The summed E-state index contributed by atoms with van der Waals surface area (Å²) >= 11 is 0. The molecule has 0 aliphatic heterocycles. The van der Waals surface area contributed by atoms with Crippen molar-refractivity contribution in [1.29, 1.82) is 0 Å². The summed E-state index contributed by atoms with van der Waals surface area (Å²) in [6, 6.07) is -0.724. The number of amides is 1. The molecule has 7 nitrogen and oxygen atoms in total. The van der Waals surface area contributed by atoms with Crippen molar-refractivity contribution in [2.75, 3.05) is 5.32 Å². The molecule has 1 fully saturated rings. The number of carbonyl (C=O) groups excluding carboxylic acids is 1. The summed E-state index contributed by atoms with van der Waals surface area (Å²) in [5, 5.41) is 16.6. The molecule has 116 valence electrons. The van der Waals surface area contributed by atoms with E-state index in [1.165, 1.54) is 4.68 Å².